The summed E-state index contributed by atoms with van der Waals surface area (Å²) in [5, 5.41) is 16.2. The van der Waals surface area contributed by atoms with Gasteiger partial charge in [0.25, 0.3) is 5.56 Å². The zero-order valence-corrected chi connectivity index (χ0v) is 11.8. The Labute approximate surface area is 121 Å². The van der Waals surface area contributed by atoms with E-state index >= 15 is 0 Å². The van der Waals surface area contributed by atoms with Crippen molar-refractivity contribution < 1.29 is 9.90 Å². The molecule has 0 aliphatic carbocycles. The average Bonchev–Trinajstić information content (AvgIpc) is 2.49. The molecule has 0 fully saturated rings. The first kappa shape index (κ1) is 14.7. The number of carbonyl (C=O) groups is 1. The summed E-state index contributed by atoms with van der Waals surface area (Å²) in [6.45, 7) is 3.82. The van der Waals surface area contributed by atoms with Crippen molar-refractivity contribution in [3.63, 3.8) is 0 Å². The molecular weight excluding hydrogens is 272 g/mol. The molecule has 0 saturated heterocycles. The molecule has 0 aliphatic rings. The van der Waals surface area contributed by atoms with Crippen molar-refractivity contribution in [3.05, 3.63) is 46.1 Å². The summed E-state index contributed by atoms with van der Waals surface area (Å²) in [4.78, 5) is 27.7. The predicted octanol–water partition coefficient (Wildman–Crippen LogP) is 1.66. The number of hydrogen-bond donors (Lipinski definition) is 2. The van der Waals surface area contributed by atoms with Crippen molar-refractivity contribution >= 4 is 17.3 Å². The molecule has 2 aromatic heterocycles. The number of aromatic carboxylic acids is 1. The molecule has 0 atom stereocenters. The van der Waals surface area contributed by atoms with Gasteiger partial charge in [0.05, 0.1) is 11.9 Å². The molecule has 0 saturated carbocycles. The van der Waals surface area contributed by atoms with Crippen LogP contribution in [0.3, 0.4) is 0 Å². The first-order valence-corrected chi connectivity index (χ1v) is 6.62. The number of nitrogens with one attached hydrogen (secondary N) is 1. The van der Waals surface area contributed by atoms with Crippen LogP contribution >= 0.6 is 0 Å². The summed E-state index contributed by atoms with van der Waals surface area (Å²) in [6.07, 6.45) is 3.57. The van der Waals surface area contributed by atoms with Crippen molar-refractivity contribution in [3.8, 4) is 0 Å². The molecular formula is C14H16N4O3. The number of nitrogens with zero attached hydrogens (tertiary/aromatic N) is 3. The van der Waals surface area contributed by atoms with E-state index in [9.17, 15) is 14.7 Å². The van der Waals surface area contributed by atoms with Crippen molar-refractivity contribution in [2.45, 2.75) is 26.8 Å². The van der Waals surface area contributed by atoms with Crippen LogP contribution in [-0.4, -0.2) is 25.8 Å². The summed E-state index contributed by atoms with van der Waals surface area (Å²) in [5.74, 6) is -1.15. The molecule has 2 aromatic rings. The van der Waals surface area contributed by atoms with Crippen LogP contribution < -0.4 is 10.9 Å². The second-order valence-electron chi connectivity index (χ2n) is 4.35. The average molecular weight is 288 g/mol. The van der Waals surface area contributed by atoms with Crippen LogP contribution in [0, 0.1) is 0 Å². The normalized spacial score (nSPS) is 10.4. The number of pyridine rings is 1. The highest BCUT2D eigenvalue weighted by Crippen LogP contribution is 2.19. The molecule has 2 N–H and O–H groups in total. The first-order chi connectivity index (χ1) is 10.1. The van der Waals surface area contributed by atoms with Gasteiger partial charge in [-0.15, -0.1) is 0 Å². The van der Waals surface area contributed by atoms with Crippen molar-refractivity contribution in [1.29, 1.82) is 0 Å². The maximum Gasteiger partial charge on any atom is 0.356 e. The maximum atomic E-state index is 12.4. The molecule has 7 heteroatoms. The number of aromatic nitrogens is 3. The summed E-state index contributed by atoms with van der Waals surface area (Å²) in [6, 6.07) is 3.48. The molecule has 0 bridgehead atoms. The lowest BCUT2D eigenvalue weighted by Gasteiger charge is -2.14. The fourth-order valence-electron chi connectivity index (χ4n) is 2.04. The Bertz CT molecular complexity index is 710. The Morgan fingerprint density at radius 3 is 2.71 bits per heavy atom. The molecule has 0 aliphatic heterocycles. The Kier molecular flexibility index (Phi) is 4.32. The molecule has 110 valence electrons. The summed E-state index contributed by atoms with van der Waals surface area (Å²) < 4.78 is 1.14. The SMILES string of the molecule is CCc1c(C(=O)O)nn(CC)c(=O)c1Nc1cccnc1. The Hall–Kier alpha value is -2.70. The minimum atomic E-state index is -1.15. The number of carboxylic acid groups (broad SMARTS) is 1. The number of aryl methyl sites for hydroxylation is 1. The Morgan fingerprint density at radius 1 is 1.43 bits per heavy atom. The second-order valence-corrected chi connectivity index (χ2v) is 4.35. The maximum absolute atomic E-state index is 12.4. The largest absolute Gasteiger partial charge is 0.476 e. The molecule has 0 radical (unpaired) electrons. The minimum Gasteiger partial charge on any atom is -0.476 e. The number of carboxylic acids is 1. The molecule has 2 heterocycles. The topological polar surface area (TPSA) is 97.1 Å². The summed E-state index contributed by atoms with van der Waals surface area (Å²) >= 11 is 0. The van der Waals surface area contributed by atoms with Gasteiger partial charge in [0.2, 0.25) is 0 Å². The highest BCUT2D eigenvalue weighted by atomic mass is 16.4. The molecule has 0 aromatic carbocycles. The predicted molar refractivity (Wildman–Crippen MR) is 78.0 cm³/mol. The van der Waals surface area contributed by atoms with Gasteiger partial charge in [0.15, 0.2) is 5.69 Å². The molecule has 0 amide bonds. The van der Waals surface area contributed by atoms with Gasteiger partial charge in [-0.2, -0.15) is 5.10 Å². The van der Waals surface area contributed by atoms with Crippen molar-refractivity contribution in [2.24, 2.45) is 0 Å². The van der Waals surface area contributed by atoms with Crippen LogP contribution in [0.25, 0.3) is 0 Å². The third kappa shape index (κ3) is 2.91. The molecule has 21 heavy (non-hydrogen) atoms. The van der Waals surface area contributed by atoms with E-state index in [0.29, 0.717) is 24.2 Å². The third-order valence-electron chi connectivity index (χ3n) is 3.04. The summed E-state index contributed by atoms with van der Waals surface area (Å²) in [7, 11) is 0. The number of anilines is 2. The standard InChI is InChI=1S/C14H16N4O3/c1-3-10-11(16-9-6-5-7-15-8-9)13(19)18(4-2)17-12(10)14(20)21/h5-8,16H,3-4H2,1-2H3,(H,20,21). The van der Waals surface area contributed by atoms with Crippen molar-refractivity contribution in [2.75, 3.05) is 5.32 Å². The fourth-order valence-corrected chi connectivity index (χ4v) is 2.04. The molecule has 2 rings (SSSR count). The van der Waals surface area contributed by atoms with E-state index in [1.165, 1.54) is 0 Å². The second kappa shape index (κ2) is 6.17. The van der Waals surface area contributed by atoms with Gasteiger partial charge >= 0.3 is 5.97 Å². The lowest BCUT2D eigenvalue weighted by molar-refractivity contribution is 0.0686. The zero-order valence-electron chi connectivity index (χ0n) is 11.8. The highest BCUT2D eigenvalue weighted by molar-refractivity contribution is 5.89. The van der Waals surface area contributed by atoms with Crippen LogP contribution in [0.1, 0.15) is 29.9 Å². The van der Waals surface area contributed by atoms with Gasteiger partial charge in [-0.1, -0.05) is 6.92 Å². The lowest BCUT2D eigenvalue weighted by atomic mass is 10.1. The van der Waals surface area contributed by atoms with E-state index in [2.05, 4.69) is 15.4 Å². The van der Waals surface area contributed by atoms with Crippen LogP contribution in [0.4, 0.5) is 11.4 Å². The van der Waals surface area contributed by atoms with Crippen LogP contribution in [0.2, 0.25) is 0 Å². The third-order valence-corrected chi connectivity index (χ3v) is 3.04. The number of rotatable bonds is 5. The quantitative estimate of drug-likeness (QED) is 0.868. The van der Waals surface area contributed by atoms with Gasteiger partial charge in [-0.25, -0.2) is 9.48 Å². The zero-order chi connectivity index (χ0) is 15.4. The van der Waals surface area contributed by atoms with Crippen molar-refractivity contribution in [1.82, 2.24) is 14.8 Å². The monoisotopic (exact) mass is 288 g/mol. The smallest absolute Gasteiger partial charge is 0.356 e. The Balaban J connectivity index is 2.64. The fraction of sp³-hybridized carbons (Fsp3) is 0.286. The van der Waals surface area contributed by atoms with E-state index < -0.39 is 5.97 Å². The van der Waals surface area contributed by atoms with Gasteiger partial charge < -0.3 is 10.4 Å². The summed E-state index contributed by atoms with van der Waals surface area (Å²) in [5.41, 5.74) is 0.795. The van der Waals surface area contributed by atoms with Gasteiger partial charge in [-0.3, -0.25) is 9.78 Å². The van der Waals surface area contributed by atoms with E-state index in [0.717, 1.165) is 4.68 Å². The van der Waals surface area contributed by atoms with Gasteiger partial charge in [-0.05, 0) is 25.5 Å². The van der Waals surface area contributed by atoms with E-state index in [1.54, 1.807) is 38.4 Å². The lowest BCUT2D eigenvalue weighted by Crippen LogP contribution is -2.29. The molecule has 0 unspecified atom stereocenters. The van der Waals surface area contributed by atoms with E-state index in [1.807, 2.05) is 0 Å². The van der Waals surface area contributed by atoms with Crippen LogP contribution in [0.5, 0.6) is 0 Å². The van der Waals surface area contributed by atoms with Crippen LogP contribution in [-0.2, 0) is 13.0 Å². The first-order valence-electron chi connectivity index (χ1n) is 6.62. The number of hydrogen-bond acceptors (Lipinski definition) is 5. The van der Waals surface area contributed by atoms with Gasteiger partial charge in [0, 0.05) is 18.3 Å². The molecule has 0 spiro atoms. The van der Waals surface area contributed by atoms with Crippen LogP contribution in [0.15, 0.2) is 29.3 Å². The van der Waals surface area contributed by atoms with E-state index in [4.69, 9.17) is 0 Å². The van der Waals surface area contributed by atoms with E-state index in [-0.39, 0.29) is 16.9 Å². The Morgan fingerprint density at radius 2 is 2.19 bits per heavy atom. The minimum absolute atomic E-state index is 0.106. The van der Waals surface area contributed by atoms with Gasteiger partial charge in [0.1, 0.15) is 5.69 Å². The molecule has 7 nitrogen and oxygen atoms in total. The highest BCUT2D eigenvalue weighted by Gasteiger charge is 2.20.